The molecule has 2 amide bonds. The molecule has 4 aromatic rings. The average Bonchev–Trinajstić information content (AvgIpc) is 3.87. The summed E-state index contributed by atoms with van der Waals surface area (Å²) in [5, 5.41) is 36.6. The molecule has 1 fully saturated rings. The van der Waals surface area contributed by atoms with E-state index in [1.54, 1.807) is 53.1 Å². The third-order valence-electron chi connectivity index (χ3n) is 9.41. The van der Waals surface area contributed by atoms with E-state index >= 15 is 0 Å². The molecule has 4 aromatic carbocycles. The molecule has 4 N–H and O–H groups in total. The van der Waals surface area contributed by atoms with Gasteiger partial charge in [0.2, 0.25) is 0 Å². The maximum Gasteiger partial charge on any atom is 0.310 e. The summed E-state index contributed by atoms with van der Waals surface area (Å²) in [6.07, 6.45) is 2.18. The van der Waals surface area contributed by atoms with Gasteiger partial charge in [-0.2, -0.15) is 0 Å². The highest BCUT2D eigenvalue weighted by Gasteiger charge is 2.30. The van der Waals surface area contributed by atoms with Crippen LogP contribution in [0.5, 0.6) is 0 Å². The summed E-state index contributed by atoms with van der Waals surface area (Å²) in [5.41, 5.74) is 7.99. The lowest BCUT2D eigenvalue weighted by molar-refractivity contribution is -0.138. The second-order valence-corrected chi connectivity index (χ2v) is 13.0. The molecule has 272 valence electrons. The van der Waals surface area contributed by atoms with Gasteiger partial charge in [0.1, 0.15) is 7.85 Å². The van der Waals surface area contributed by atoms with Crippen LogP contribution in [0.4, 0.5) is 11.4 Å². The highest BCUT2D eigenvalue weighted by molar-refractivity contribution is 6.11. The van der Waals surface area contributed by atoms with Gasteiger partial charge < -0.3 is 35.0 Å². The predicted molar refractivity (Wildman–Crippen MR) is 202 cm³/mol. The zero-order valence-corrected chi connectivity index (χ0v) is 28.9. The molecule has 0 spiro atoms. The van der Waals surface area contributed by atoms with Gasteiger partial charge in [-0.25, -0.2) is 0 Å². The molecular formula is C41H47BN2O8. The molecular weight excluding hydrogens is 659 g/mol. The van der Waals surface area contributed by atoms with Crippen LogP contribution < -0.4 is 9.80 Å². The Balaban J connectivity index is 0.000000197. The number of anilines is 2. The summed E-state index contributed by atoms with van der Waals surface area (Å²) in [4.78, 5) is 39.5. The number of carbonyl (C=O) groups is 3. The van der Waals surface area contributed by atoms with Crippen molar-refractivity contribution < 1.29 is 39.5 Å². The van der Waals surface area contributed by atoms with Crippen molar-refractivity contribution in [2.24, 2.45) is 0 Å². The van der Waals surface area contributed by atoms with Crippen LogP contribution in [-0.4, -0.2) is 65.3 Å². The van der Waals surface area contributed by atoms with Crippen LogP contribution in [0, 0.1) is 0 Å². The number of carboxylic acids is 1. The number of aliphatic hydroxyl groups excluding tert-OH is 3. The summed E-state index contributed by atoms with van der Waals surface area (Å²) in [6.45, 7) is 5.44. The molecule has 7 rings (SSSR count). The van der Waals surface area contributed by atoms with E-state index in [4.69, 9.17) is 17.7 Å². The maximum absolute atomic E-state index is 12.5. The number of fused-ring (bicyclic) bond motifs is 2. The summed E-state index contributed by atoms with van der Waals surface area (Å²) < 4.78 is 4.93. The highest BCUT2D eigenvalue weighted by Crippen LogP contribution is 2.31. The van der Waals surface area contributed by atoms with E-state index in [2.05, 4.69) is 0 Å². The number of aliphatic hydroxyl groups is 3. The van der Waals surface area contributed by atoms with E-state index in [1.807, 2.05) is 55.5 Å². The fourth-order valence-electron chi connectivity index (χ4n) is 6.09. The lowest BCUT2D eigenvalue weighted by atomic mass is 9.98. The molecule has 0 aliphatic carbocycles. The van der Waals surface area contributed by atoms with Gasteiger partial charge >= 0.3 is 5.97 Å². The van der Waals surface area contributed by atoms with Crippen LogP contribution in [0.2, 0.25) is 0 Å². The Labute approximate surface area is 306 Å². The Hall–Kier alpha value is -4.81. The first-order valence-electron chi connectivity index (χ1n) is 17.0. The second kappa shape index (κ2) is 18.1. The number of hydrogen-bond acceptors (Lipinski definition) is 7. The van der Waals surface area contributed by atoms with Crippen molar-refractivity contribution in [1.82, 2.24) is 0 Å². The van der Waals surface area contributed by atoms with E-state index in [0.717, 1.165) is 53.1 Å². The van der Waals surface area contributed by atoms with Gasteiger partial charge in [-0.3, -0.25) is 14.4 Å². The molecule has 11 heteroatoms. The Morgan fingerprint density at radius 1 is 0.769 bits per heavy atom. The van der Waals surface area contributed by atoms with Gasteiger partial charge in [0.25, 0.3) is 11.8 Å². The molecule has 3 aliphatic rings. The van der Waals surface area contributed by atoms with Gasteiger partial charge in [0.15, 0.2) is 0 Å². The highest BCUT2D eigenvalue weighted by atomic mass is 16.5. The fraction of sp³-hybridized carbons (Fsp3) is 0.341. The minimum absolute atomic E-state index is 0. The Kier molecular flexibility index (Phi) is 13.9. The van der Waals surface area contributed by atoms with Crippen molar-refractivity contribution in [1.29, 1.82) is 0 Å². The third kappa shape index (κ3) is 9.15. The summed E-state index contributed by atoms with van der Waals surface area (Å²) in [6, 6.07) is 25.7. The van der Waals surface area contributed by atoms with Crippen molar-refractivity contribution in [3.63, 3.8) is 0 Å². The molecule has 0 aromatic heterocycles. The van der Waals surface area contributed by atoms with Gasteiger partial charge in [-0.05, 0) is 89.5 Å². The Morgan fingerprint density at radius 2 is 1.23 bits per heavy atom. The number of benzene rings is 4. The number of carboxylic acid groups (broad SMARTS) is 1. The minimum atomic E-state index is -0.876. The Bertz CT molecular complexity index is 1840. The van der Waals surface area contributed by atoms with Gasteiger partial charge in [0.05, 0.1) is 32.2 Å². The number of hydrogen-bond donors (Lipinski definition) is 4. The Morgan fingerprint density at radius 3 is 1.58 bits per heavy atom. The van der Waals surface area contributed by atoms with Crippen molar-refractivity contribution in [2.45, 2.75) is 78.3 Å². The molecule has 3 heterocycles. The average molecular weight is 707 g/mol. The standard InChI is InChI=1S/C18H17NO4.C18H19NO3.C4H7BO.CH4/c1-11(18(22)23)13-4-6-15(7-5-13)19-9-14-3-2-12(10-20)8-16(14)17(19)21;1-12(10-20)14-4-6-16(7-5-14)19-9-15-3-2-13(11-21)8-17(15)18(19)22;5-4-2-1-3-6-4;/h2-8,11,20H,9-10H2,1H3,(H,22,23);2-8,12,20-21H,9-11H2,1H3;4H,1-3H2;1H4. The van der Waals surface area contributed by atoms with Crippen LogP contribution in [0.15, 0.2) is 84.9 Å². The quantitative estimate of drug-likeness (QED) is 0.166. The normalized spacial score (nSPS) is 16.8. The molecule has 1 saturated heterocycles. The molecule has 2 radical (unpaired) electrons. The molecule has 0 bridgehead atoms. The lowest BCUT2D eigenvalue weighted by Crippen LogP contribution is -2.23. The molecule has 3 aliphatic heterocycles. The van der Waals surface area contributed by atoms with E-state index < -0.39 is 11.9 Å². The zero-order chi connectivity index (χ0) is 36.7. The number of aliphatic carboxylic acids is 1. The largest absolute Gasteiger partial charge is 0.481 e. The van der Waals surface area contributed by atoms with Crippen LogP contribution in [-0.2, 0) is 35.8 Å². The van der Waals surface area contributed by atoms with Crippen LogP contribution in [0.3, 0.4) is 0 Å². The van der Waals surface area contributed by atoms with Crippen molar-refractivity contribution in [3.05, 3.63) is 129 Å². The summed E-state index contributed by atoms with van der Waals surface area (Å²) >= 11 is 0. The summed E-state index contributed by atoms with van der Waals surface area (Å²) in [7, 11) is 5.31. The fourth-order valence-corrected chi connectivity index (χ4v) is 6.09. The van der Waals surface area contributed by atoms with E-state index in [9.17, 15) is 29.7 Å². The number of carbonyl (C=O) groups excluding carboxylic acids is 2. The number of ether oxygens (including phenoxy) is 1. The molecule has 3 atom stereocenters. The number of nitrogens with zero attached hydrogens (tertiary/aromatic N) is 2. The molecule has 3 unspecified atom stereocenters. The second-order valence-electron chi connectivity index (χ2n) is 13.0. The monoisotopic (exact) mass is 706 g/mol. The summed E-state index contributed by atoms with van der Waals surface area (Å²) in [5.74, 6) is -1.50. The smallest absolute Gasteiger partial charge is 0.310 e. The first kappa shape index (κ1) is 40.0. The van der Waals surface area contributed by atoms with E-state index in [0.29, 0.717) is 35.3 Å². The van der Waals surface area contributed by atoms with Crippen LogP contribution >= 0.6 is 0 Å². The first-order chi connectivity index (χ1) is 24.5. The van der Waals surface area contributed by atoms with E-state index in [-0.39, 0.29) is 51.0 Å². The first-order valence-corrected chi connectivity index (χ1v) is 17.0. The van der Waals surface area contributed by atoms with Crippen molar-refractivity contribution >= 4 is 37.0 Å². The number of rotatable bonds is 8. The van der Waals surface area contributed by atoms with Crippen molar-refractivity contribution in [3.8, 4) is 0 Å². The van der Waals surface area contributed by atoms with Crippen LogP contribution in [0.25, 0.3) is 0 Å². The van der Waals surface area contributed by atoms with E-state index in [1.165, 1.54) is 0 Å². The topological polar surface area (TPSA) is 148 Å². The molecule has 52 heavy (non-hydrogen) atoms. The maximum atomic E-state index is 12.5. The molecule has 10 nitrogen and oxygen atoms in total. The zero-order valence-electron chi connectivity index (χ0n) is 28.9. The van der Waals surface area contributed by atoms with Gasteiger partial charge in [0, 0.05) is 47.6 Å². The third-order valence-corrected chi connectivity index (χ3v) is 9.41. The van der Waals surface area contributed by atoms with Crippen molar-refractivity contribution in [2.75, 3.05) is 23.0 Å². The molecule has 0 saturated carbocycles. The van der Waals surface area contributed by atoms with Gasteiger partial charge in [-0.15, -0.1) is 0 Å². The minimum Gasteiger partial charge on any atom is -0.481 e. The predicted octanol–water partition coefficient (Wildman–Crippen LogP) is 5.89. The van der Waals surface area contributed by atoms with Crippen LogP contribution in [0.1, 0.15) is 100 Å². The number of amides is 2. The van der Waals surface area contributed by atoms with Gasteiger partial charge in [-0.1, -0.05) is 62.9 Å². The SMILES string of the molecule is C.CC(C(=O)O)c1ccc(N2Cc3ccc(CO)cc3C2=O)cc1.CC(CO)c1ccc(N2Cc3ccc(CO)cc3C2=O)cc1.[B]C1CCCO1. The lowest BCUT2D eigenvalue weighted by Gasteiger charge is -2.17.